The van der Waals surface area contributed by atoms with Crippen LogP contribution in [0.4, 0.5) is 5.69 Å². The Morgan fingerprint density at radius 2 is 1.88 bits per heavy atom. The summed E-state index contributed by atoms with van der Waals surface area (Å²) in [5.41, 5.74) is 7.85. The van der Waals surface area contributed by atoms with Crippen molar-refractivity contribution in [3.05, 3.63) is 70.3 Å². The van der Waals surface area contributed by atoms with Gasteiger partial charge in [0.25, 0.3) is 5.91 Å². The van der Waals surface area contributed by atoms with Gasteiger partial charge in [-0.05, 0) is 78.9 Å². The summed E-state index contributed by atoms with van der Waals surface area (Å²) >= 11 is 0. The zero-order valence-electron chi connectivity index (χ0n) is 15.2. The van der Waals surface area contributed by atoms with Gasteiger partial charge in [0, 0.05) is 24.3 Å². The minimum absolute atomic E-state index is 0.0444. The number of anilines is 1. The standard InChI is InChI=1S/C22H25N3O/c1-15-12-18(17-6-9-23-10-7-17)3-5-21(15)22(26)25-20-4-2-16-8-11-24-14-19(16)13-20/h2-6,12-13,23-24H,7-11,14H2,1H3,(H,25,26). The maximum atomic E-state index is 12.7. The lowest BCUT2D eigenvalue weighted by atomic mass is 9.96. The first-order chi connectivity index (χ1) is 12.7. The molecule has 0 atom stereocenters. The lowest BCUT2D eigenvalue weighted by Crippen LogP contribution is -2.23. The number of aryl methyl sites for hydroxylation is 1. The van der Waals surface area contributed by atoms with E-state index in [1.807, 2.05) is 19.1 Å². The fraction of sp³-hybridized carbons (Fsp3) is 0.318. The zero-order chi connectivity index (χ0) is 17.9. The van der Waals surface area contributed by atoms with Crippen LogP contribution in [0.2, 0.25) is 0 Å². The van der Waals surface area contributed by atoms with E-state index in [1.165, 1.54) is 22.3 Å². The molecule has 0 aliphatic carbocycles. The molecule has 2 aliphatic heterocycles. The summed E-state index contributed by atoms with van der Waals surface area (Å²) in [5, 5.41) is 9.77. The van der Waals surface area contributed by atoms with Gasteiger partial charge in [-0.25, -0.2) is 0 Å². The second-order valence-electron chi connectivity index (χ2n) is 7.08. The molecule has 0 spiro atoms. The highest BCUT2D eigenvalue weighted by molar-refractivity contribution is 6.05. The Balaban J connectivity index is 1.52. The Hall–Kier alpha value is -2.43. The second-order valence-corrected chi connectivity index (χ2v) is 7.08. The molecule has 26 heavy (non-hydrogen) atoms. The molecular formula is C22H25N3O. The number of nitrogens with one attached hydrogen (secondary N) is 3. The predicted molar refractivity (Wildman–Crippen MR) is 106 cm³/mol. The molecule has 0 saturated carbocycles. The number of hydrogen-bond acceptors (Lipinski definition) is 3. The number of benzene rings is 2. The van der Waals surface area contributed by atoms with Gasteiger partial charge in [-0.3, -0.25) is 4.79 Å². The van der Waals surface area contributed by atoms with Gasteiger partial charge in [0.1, 0.15) is 0 Å². The summed E-state index contributed by atoms with van der Waals surface area (Å²) in [5.74, 6) is -0.0444. The summed E-state index contributed by atoms with van der Waals surface area (Å²) in [4.78, 5) is 12.7. The average molecular weight is 347 g/mol. The summed E-state index contributed by atoms with van der Waals surface area (Å²) in [6, 6.07) is 12.4. The molecule has 4 nitrogen and oxygen atoms in total. The van der Waals surface area contributed by atoms with Gasteiger partial charge in [-0.15, -0.1) is 0 Å². The highest BCUT2D eigenvalue weighted by atomic mass is 16.1. The minimum Gasteiger partial charge on any atom is -0.322 e. The summed E-state index contributed by atoms with van der Waals surface area (Å²) in [7, 11) is 0. The van der Waals surface area contributed by atoms with Crippen molar-refractivity contribution in [2.24, 2.45) is 0 Å². The Labute approximate surface area is 154 Å². The summed E-state index contributed by atoms with van der Waals surface area (Å²) in [6.07, 6.45) is 4.32. The molecule has 2 aromatic carbocycles. The number of carbonyl (C=O) groups excluding carboxylic acids is 1. The van der Waals surface area contributed by atoms with Crippen molar-refractivity contribution in [2.45, 2.75) is 26.3 Å². The normalized spacial score (nSPS) is 16.6. The molecule has 3 N–H and O–H groups in total. The molecule has 0 aromatic heterocycles. The van der Waals surface area contributed by atoms with E-state index >= 15 is 0 Å². The third-order valence-corrected chi connectivity index (χ3v) is 5.26. The van der Waals surface area contributed by atoms with E-state index in [2.05, 4.69) is 46.3 Å². The van der Waals surface area contributed by atoms with Crippen molar-refractivity contribution < 1.29 is 4.79 Å². The van der Waals surface area contributed by atoms with Gasteiger partial charge in [-0.2, -0.15) is 0 Å². The monoisotopic (exact) mass is 347 g/mol. The SMILES string of the molecule is Cc1cc(C2=CCNCC2)ccc1C(=O)Nc1ccc2c(c1)CNCC2. The highest BCUT2D eigenvalue weighted by Gasteiger charge is 2.14. The summed E-state index contributed by atoms with van der Waals surface area (Å²) in [6.45, 7) is 5.84. The first kappa shape index (κ1) is 17.0. The fourth-order valence-corrected chi connectivity index (χ4v) is 3.76. The molecule has 0 unspecified atom stereocenters. The molecule has 4 heteroatoms. The minimum atomic E-state index is -0.0444. The van der Waals surface area contributed by atoms with E-state index in [0.29, 0.717) is 0 Å². The molecule has 134 valence electrons. The largest absolute Gasteiger partial charge is 0.322 e. The van der Waals surface area contributed by atoms with Crippen molar-refractivity contribution in [2.75, 3.05) is 25.0 Å². The Kier molecular flexibility index (Phi) is 4.87. The maximum Gasteiger partial charge on any atom is 0.255 e. The molecule has 0 saturated heterocycles. The van der Waals surface area contributed by atoms with Crippen molar-refractivity contribution in [3.8, 4) is 0 Å². The average Bonchev–Trinajstić information content (AvgIpc) is 2.68. The lowest BCUT2D eigenvalue weighted by Gasteiger charge is -2.18. The van der Waals surface area contributed by atoms with Gasteiger partial charge in [0.2, 0.25) is 0 Å². The van der Waals surface area contributed by atoms with Gasteiger partial charge >= 0.3 is 0 Å². The maximum absolute atomic E-state index is 12.7. The van der Waals surface area contributed by atoms with Crippen molar-refractivity contribution >= 4 is 17.2 Å². The van der Waals surface area contributed by atoms with Crippen LogP contribution in [-0.4, -0.2) is 25.5 Å². The van der Waals surface area contributed by atoms with Crippen LogP contribution >= 0.6 is 0 Å². The molecule has 1 amide bonds. The van der Waals surface area contributed by atoms with Crippen LogP contribution in [0.15, 0.2) is 42.5 Å². The number of rotatable bonds is 3. The van der Waals surface area contributed by atoms with E-state index in [1.54, 1.807) is 0 Å². The van der Waals surface area contributed by atoms with E-state index in [0.717, 1.165) is 55.8 Å². The zero-order valence-corrected chi connectivity index (χ0v) is 15.2. The van der Waals surface area contributed by atoms with Gasteiger partial charge in [0.05, 0.1) is 0 Å². The number of carbonyl (C=O) groups is 1. The van der Waals surface area contributed by atoms with E-state index in [-0.39, 0.29) is 5.91 Å². The van der Waals surface area contributed by atoms with E-state index < -0.39 is 0 Å². The van der Waals surface area contributed by atoms with Crippen LogP contribution in [0.3, 0.4) is 0 Å². The number of hydrogen-bond donors (Lipinski definition) is 3. The van der Waals surface area contributed by atoms with Gasteiger partial charge in [-0.1, -0.05) is 24.3 Å². The van der Waals surface area contributed by atoms with Gasteiger partial charge in [0.15, 0.2) is 0 Å². The van der Waals surface area contributed by atoms with Crippen LogP contribution in [0.5, 0.6) is 0 Å². The molecule has 2 aliphatic rings. The van der Waals surface area contributed by atoms with Crippen LogP contribution in [0.1, 0.15) is 39.0 Å². The number of amides is 1. The first-order valence-electron chi connectivity index (χ1n) is 9.35. The lowest BCUT2D eigenvalue weighted by molar-refractivity contribution is 0.102. The predicted octanol–water partition coefficient (Wildman–Crippen LogP) is 3.27. The second kappa shape index (κ2) is 7.44. The van der Waals surface area contributed by atoms with E-state index in [4.69, 9.17) is 0 Å². The van der Waals surface area contributed by atoms with Crippen molar-refractivity contribution in [1.29, 1.82) is 0 Å². The van der Waals surface area contributed by atoms with Crippen molar-refractivity contribution in [1.82, 2.24) is 10.6 Å². The molecule has 0 bridgehead atoms. The topological polar surface area (TPSA) is 53.2 Å². The van der Waals surface area contributed by atoms with Crippen LogP contribution in [0, 0.1) is 6.92 Å². The molecular weight excluding hydrogens is 322 g/mol. The fourth-order valence-electron chi connectivity index (χ4n) is 3.76. The number of fused-ring (bicyclic) bond motifs is 1. The Bertz CT molecular complexity index is 870. The summed E-state index contributed by atoms with van der Waals surface area (Å²) < 4.78 is 0. The van der Waals surface area contributed by atoms with Crippen LogP contribution < -0.4 is 16.0 Å². The smallest absolute Gasteiger partial charge is 0.255 e. The molecule has 2 heterocycles. The Morgan fingerprint density at radius 1 is 1.00 bits per heavy atom. The molecule has 0 radical (unpaired) electrons. The third-order valence-electron chi connectivity index (χ3n) is 5.26. The van der Waals surface area contributed by atoms with Gasteiger partial charge < -0.3 is 16.0 Å². The quantitative estimate of drug-likeness (QED) is 0.799. The highest BCUT2D eigenvalue weighted by Crippen LogP contribution is 2.24. The van der Waals surface area contributed by atoms with Crippen molar-refractivity contribution in [3.63, 3.8) is 0 Å². The van der Waals surface area contributed by atoms with Crippen LogP contribution in [-0.2, 0) is 13.0 Å². The third kappa shape index (κ3) is 3.57. The van der Waals surface area contributed by atoms with E-state index in [9.17, 15) is 4.79 Å². The molecule has 4 rings (SSSR count). The first-order valence-corrected chi connectivity index (χ1v) is 9.35. The van der Waals surface area contributed by atoms with Crippen LogP contribution in [0.25, 0.3) is 5.57 Å². The Morgan fingerprint density at radius 3 is 2.69 bits per heavy atom. The molecule has 0 fully saturated rings. The molecule has 2 aromatic rings.